The molecule has 119 heavy (non-hydrogen) atoms. The number of nitrogens with two attached hydrogens (primary N) is 1. The topological polar surface area (TPSA) is 404 Å². The van der Waals surface area contributed by atoms with E-state index in [1.807, 2.05) is 78.2 Å². The summed E-state index contributed by atoms with van der Waals surface area (Å²) in [5.74, 6) is 1.30. The Labute approximate surface area is 702 Å². The zero-order valence-corrected chi connectivity index (χ0v) is 73.5. The van der Waals surface area contributed by atoms with Gasteiger partial charge in [0.25, 0.3) is 20.0 Å². The highest BCUT2D eigenvalue weighted by atomic mass is 32.7. The Hall–Kier alpha value is -8.61. The van der Waals surface area contributed by atoms with Crippen LogP contribution in [0, 0.1) is 6.57 Å². The molecule has 10 atom stereocenters. The third-order valence-corrected chi connectivity index (χ3v) is 29.3. The number of anilines is 2. The van der Waals surface area contributed by atoms with Crippen LogP contribution in [0.4, 0.5) is 16.0 Å². The molecule has 7 aromatic heterocycles. The quantitative estimate of drug-likeness (QED) is 0.00607. The summed E-state index contributed by atoms with van der Waals surface area (Å²) < 4.78 is 106. The number of imidazole rings is 3. The van der Waals surface area contributed by atoms with Crippen molar-refractivity contribution in [2.75, 3.05) is 64.8 Å². The molecular formula is C77H104FN18O17P3S2Si. The molecule has 10 aromatic rings. The number of hydrogen-bond donors (Lipinski definition) is 5. The van der Waals surface area contributed by atoms with Gasteiger partial charge in [-0.25, -0.2) is 65.1 Å². The maximum Gasteiger partial charge on any atom is 0.386 e. The van der Waals surface area contributed by atoms with Crippen molar-refractivity contribution >= 4 is 111 Å². The number of fused-ring (bicyclic) bond motifs is 7. The predicted octanol–water partition coefficient (Wildman–Crippen LogP) is 13.7. The van der Waals surface area contributed by atoms with Gasteiger partial charge in [-0.3, -0.25) is 42.0 Å². The number of rotatable bonds is 27. The van der Waals surface area contributed by atoms with Crippen LogP contribution in [0.2, 0.25) is 18.1 Å². The van der Waals surface area contributed by atoms with E-state index in [1.165, 1.54) is 49.9 Å². The molecule has 1 fully saturated rings. The van der Waals surface area contributed by atoms with Gasteiger partial charge >= 0.3 is 19.5 Å². The first-order valence-corrected chi connectivity index (χ1v) is 47.2. The molecule has 1 saturated heterocycles. The number of aryl methyl sites for hydroxylation is 1. The number of methoxy groups -OCH3 is 2. The van der Waals surface area contributed by atoms with Gasteiger partial charge < -0.3 is 67.1 Å². The highest BCUT2D eigenvalue weighted by Crippen LogP contribution is 2.57. The van der Waals surface area contributed by atoms with E-state index in [-0.39, 0.29) is 67.2 Å². The molecule has 2 aliphatic rings. The van der Waals surface area contributed by atoms with Crippen LogP contribution in [0.15, 0.2) is 128 Å². The maximum atomic E-state index is 15.9. The summed E-state index contributed by atoms with van der Waals surface area (Å²) in [5.41, 5.74) is 10.0. The van der Waals surface area contributed by atoms with Gasteiger partial charge in [-0.1, -0.05) is 95.0 Å². The molecule has 12 rings (SSSR count). The standard InChI is InChI=1S/C39H47N6O5P.C19H22FN9O8P2S2.C18H31N3O4Si.CH4/c1-28(2)45(29(3)4)51(48-24-22-40-6)49-25-23-44-37(43-36-26-41-27-42-38(36)44)30(5)50-39(31-12-10-9-11-13-31,32-14-18-34(46-7)19-15-32)33-16-20-35(47-8)21-17-33;1-8-14-25-9-4-22-6-23-15(9)28(14)2-3-33-38(31,40)34-5-10-11(20)13(37-39(32,41)36-8)18(35-10)29-7-24-12-16(29)26-19(21)27-17(12)30;1-13(25-14(2)22)17(23)21-16-11-19-12-20-15(16)9-8-10-24-26(6,7)18(3,4)5;/h9-21,26-30H,22-25H2,1-5,7-8H3;4,6-8,10-11,13,18H,2-3,5H2,1H3,(H,31,40)(H,32,41)(H3,21,26,27,30);11-13H,8-10H2,1-7H3,(H,21,23);1H4/t30-,51?;8-,10-,11-,13-,18-,38?,39?;13-;/m111./s1. The summed E-state index contributed by atoms with van der Waals surface area (Å²) in [4.78, 5) is 95.1. The number of halogens is 1. The number of nitrogens with zero attached hydrogens (tertiary/aromatic N) is 15. The number of carbonyl (C=O) groups is 2. The van der Waals surface area contributed by atoms with E-state index in [2.05, 4.69) is 151 Å². The van der Waals surface area contributed by atoms with Crippen molar-refractivity contribution in [3.8, 4) is 11.5 Å². The first-order valence-electron chi connectivity index (χ1n) is 37.9. The number of nitrogen functional groups attached to an aromatic ring is 1. The lowest BCUT2D eigenvalue weighted by Crippen LogP contribution is -2.41. The molecule has 35 nitrogen and oxygen atoms in total. The second-order valence-electron chi connectivity index (χ2n) is 29.3. The fourth-order valence-corrected chi connectivity index (χ4v) is 18.5. The number of thiol groups is 1. The van der Waals surface area contributed by atoms with Crippen LogP contribution in [0.25, 0.3) is 38.3 Å². The lowest BCUT2D eigenvalue weighted by molar-refractivity contribution is -0.150. The molecule has 1 amide bonds. The first-order chi connectivity index (χ1) is 56.1. The number of esters is 1. The smallest absolute Gasteiger partial charge is 0.386 e. The number of nitrogens with one attached hydrogen (secondary N) is 2. The molecule has 2 bridgehead atoms. The monoisotopic (exact) mass is 1760 g/mol. The van der Waals surface area contributed by atoms with E-state index in [0.717, 1.165) is 40.3 Å². The normalized spacial score (nSPS) is 20.0. The molecule has 5 N–H and O–H groups in total. The summed E-state index contributed by atoms with van der Waals surface area (Å²) in [5, 5.41) is 2.90. The number of amides is 1. The fraction of sp³-hybridized carbons (Fsp3) is 0.481. The zero-order valence-electron chi connectivity index (χ0n) is 68.2. The first kappa shape index (κ1) is 94.2. The number of H-pyrrole nitrogens is 1. The van der Waals surface area contributed by atoms with E-state index in [1.54, 1.807) is 38.1 Å². The number of ether oxygens (including phenoxy) is 5. The Balaban J connectivity index is 0.000000213. The molecule has 0 saturated carbocycles. The highest BCUT2D eigenvalue weighted by molar-refractivity contribution is 8.44. The van der Waals surface area contributed by atoms with E-state index >= 15 is 4.39 Å². The lowest BCUT2D eigenvalue weighted by atomic mass is 9.79. The Morgan fingerprint density at radius 3 is 2.07 bits per heavy atom. The minimum Gasteiger partial charge on any atom is -0.497 e. The average Bonchev–Trinajstić information content (AvgIpc) is 1.73. The Kier molecular flexibility index (Phi) is 33.1. The summed E-state index contributed by atoms with van der Waals surface area (Å²) in [6.45, 7) is 26.2. The summed E-state index contributed by atoms with van der Waals surface area (Å²) in [7, 11) is 0.136. The van der Waals surface area contributed by atoms with Gasteiger partial charge in [0.2, 0.25) is 12.5 Å². The van der Waals surface area contributed by atoms with Crippen LogP contribution < -0.4 is 26.1 Å². The second-order valence-corrected chi connectivity index (χ2v) is 41.3. The number of aromatic nitrogens is 14. The summed E-state index contributed by atoms with van der Waals surface area (Å²) in [6.07, 6.45) is 2.84. The zero-order chi connectivity index (χ0) is 85.4. The predicted molar refractivity (Wildman–Crippen MR) is 456 cm³/mol. The van der Waals surface area contributed by atoms with Gasteiger partial charge in [0.15, 0.2) is 49.3 Å². The molecule has 2 aliphatic heterocycles. The van der Waals surface area contributed by atoms with Crippen molar-refractivity contribution in [2.45, 2.75) is 188 Å². The van der Waals surface area contributed by atoms with Crippen molar-refractivity contribution in [3.63, 3.8) is 0 Å². The Morgan fingerprint density at radius 2 is 1.45 bits per heavy atom. The minimum atomic E-state index is -4.22. The SMILES string of the molecule is C.CC(=O)O[C@H](C)C(=O)Nc1cncnc1CCCO[Si](C)(C)C(C)(C)C.C[C@H]1OP(O)(=S)O[C@@H]2[C@H](F)[C@@H](COP(=O)(S)OCCn3c1nc1cncnc13)O[C@H]2n1cnc2c(=O)[nH]c(N)nc21.[C-]#[N+]CCOP(OCCn1c([C@@H](C)OC(c2ccccc2)(c2ccc(OC)cc2)c2ccc(OC)cc2)nc2cncnc21)N(C(C)C)C(C)C. The van der Waals surface area contributed by atoms with Crippen LogP contribution in [0.3, 0.4) is 0 Å². The number of benzene rings is 3. The van der Waals surface area contributed by atoms with Gasteiger partial charge in [0.1, 0.15) is 89.8 Å². The summed E-state index contributed by atoms with van der Waals surface area (Å²) >= 11 is 9.27. The van der Waals surface area contributed by atoms with Crippen LogP contribution in [0.5, 0.6) is 11.5 Å². The van der Waals surface area contributed by atoms with E-state index < -0.39 is 103 Å². The van der Waals surface area contributed by atoms with Crippen molar-refractivity contribution in [2.24, 2.45) is 0 Å². The molecular weight excluding hydrogens is 1650 g/mol. The van der Waals surface area contributed by atoms with Crippen LogP contribution in [0.1, 0.15) is 142 Å². The number of hydrogen-bond acceptors (Lipinski definition) is 29. The molecule has 3 aromatic carbocycles. The van der Waals surface area contributed by atoms with Gasteiger partial charge in [0.05, 0.1) is 70.3 Å². The van der Waals surface area contributed by atoms with Gasteiger partial charge in [0, 0.05) is 38.7 Å². The molecule has 0 spiro atoms. The number of carbonyl (C=O) groups excluding carboxylic acids is 2. The van der Waals surface area contributed by atoms with Crippen molar-refractivity contribution in [1.82, 2.24) is 73.2 Å². The number of aromatic amines is 1. The number of alkyl halides is 1. The molecule has 42 heteroatoms. The third-order valence-electron chi connectivity index (χ3n) is 19.4. The van der Waals surface area contributed by atoms with E-state index in [4.69, 9.17) is 84.3 Å². The average molecular weight is 1760 g/mol. The Bertz CT molecular complexity index is 5190. The fourth-order valence-electron chi connectivity index (χ4n) is 12.9. The minimum absolute atomic E-state index is 0. The van der Waals surface area contributed by atoms with Gasteiger partial charge in [-0.15, -0.1) is 0 Å². The van der Waals surface area contributed by atoms with E-state index in [0.29, 0.717) is 66.6 Å². The molecule has 0 aliphatic carbocycles. The third kappa shape index (κ3) is 23.6. The van der Waals surface area contributed by atoms with Crippen molar-refractivity contribution in [1.29, 1.82) is 0 Å². The summed E-state index contributed by atoms with van der Waals surface area (Å²) in [6, 6.07) is 26.5. The van der Waals surface area contributed by atoms with Crippen LogP contribution in [-0.4, -0.2) is 189 Å². The van der Waals surface area contributed by atoms with Gasteiger partial charge in [-0.2, -0.15) is 4.98 Å². The second kappa shape index (κ2) is 41.8. The van der Waals surface area contributed by atoms with Crippen LogP contribution in [-0.2, 0) is 96.9 Å². The van der Waals surface area contributed by atoms with E-state index in [9.17, 15) is 23.8 Å². The van der Waals surface area contributed by atoms with Crippen LogP contribution >= 0.6 is 34.3 Å². The van der Waals surface area contributed by atoms with Crippen molar-refractivity contribution < 1.29 is 78.7 Å². The lowest BCUT2D eigenvalue weighted by Gasteiger charge is -2.38. The van der Waals surface area contributed by atoms with Crippen molar-refractivity contribution in [3.05, 3.63) is 179 Å². The Morgan fingerprint density at radius 1 is 0.849 bits per heavy atom. The molecule has 9 heterocycles. The highest BCUT2D eigenvalue weighted by Gasteiger charge is 2.51. The largest absolute Gasteiger partial charge is 0.497 e. The van der Waals surface area contributed by atoms with Gasteiger partial charge in [-0.05, 0) is 132 Å². The molecule has 0 radical (unpaired) electrons. The maximum absolute atomic E-state index is 15.9. The molecule has 642 valence electrons. The molecule has 3 unspecified atom stereocenters.